The number of alkyl halides is 1. The van der Waals surface area contributed by atoms with Gasteiger partial charge in [-0.3, -0.25) is 4.79 Å². The average molecular weight is 110 g/mol. The van der Waals surface area contributed by atoms with Crippen molar-refractivity contribution in [3.8, 4) is 0 Å². The standard InChI is InChI=1S/C2H4O2.CH3FO/c1-2(3)4;2-1-3/h1H3,(H,3,4);3H,1H2. The normalized spacial score (nSPS) is 6.14. The Kier molecular flexibility index (Phi) is 12.4. The molecule has 2 N–H and O–H groups in total. The molecule has 4 heteroatoms. The van der Waals surface area contributed by atoms with E-state index in [2.05, 4.69) is 0 Å². The van der Waals surface area contributed by atoms with Gasteiger partial charge in [-0.1, -0.05) is 0 Å². The van der Waals surface area contributed by atoms with Crippen LogP contribution in [0.5, 0.6) is 0 Å². The third-order valence-electron chi connectivity index (χ3n) is 0. The van der Waals surface area contributed by atoms with Crippen molar-refractivity contribution >= 4 is 5.97 Å². The molecule has 0 unspecified atom stereocenters. The van der Waals surface area contributed by atoms with Gasteiger partial charge in [-0.25, -0.2) is 4.39 Å². The van der Waals surface area contributed by atoms with Crippen molar-refractivity contribution in [2.75, 3.05) is 6.86 Å². The molecule has 0 aliphatic rings. The van der Waals surface area contributed by atoms with Crippen LogP contribution in [0.25, 0.3) is 0 Å². The molecule has 44 valence electrons. The molecule has 0 radical (unpaired) electrons. The summed E-state index contributed by atoms with van der Waals surface area (Å²) in [5, 5.41) is 14.3. The molecule has 0 atom stereocenters. The second-order valence-electron chi connectivity index (χ2n) is 0.639. The molecule has 0 rings (SSSR count). The van der Waals surface area contributed by atoms with E-state index in [0.29, 0.717) is 0 Å². The van der Waals surface area contributed by atoms with Crippen LogP contribution < -0.4 is 0 Å². The third-order valence-corrected chi connectivity index (χ3v) is 0. The zero-order valence-corrected chi connectivity index (χ0v) is 3.89. The fraction of sp³-hybridized carbons (Fsp3) is 0.667. The van der Waals surface area contributed by atoms with E-state index in [4.69, 9.17) is 15.0 Å². The van der Waals surface area contributed by atoms with Gasteiger partial charge in [0.1, 0.15) is 0 Å². The number of rotatable bonds is 0. The minimum Gasteiger partial charge on any atom is -0.481 e. The van der Waals surface area contributed by atoms with Crippen molar-refractivity contribution in [1.29, 1.82) is 0 Å². The number of hydrogen-bond acceptors (Lipinski definition) is 2. The van der Waals surface area contributed by atoms with Gasteiger partial charge >= 0.3 is 0 Å². The second-order valence-corrected chi connectivity index (χ2v) is 0.639. The summed E-state index contributed by atoms with van der Waals surface area (Å²) in [4.78, 5) is 9.00. The topological polar surface area (TPSA) is 57.5 Å². The fourth-order valence-corrected chi connectivity index (χ4v) is 0. The molecule has 0 aliphatic carbocycles. The van der Waals surface area contributed by atoms with Crippen LogP contribution in [-0.4, -0.2) is 23.0 Å². The lowest BCUT2D eigenvalue weighted by atomic mass is 10.9. The van der Waals surface area contributed by atoms with Crippen LogP contribution >= 0.6 is 0 Å². The number of aliphatic hydroxyl groups excluding tert-OH is 1. The van der Waals surface area contributed by atoms with Crippen LogP contribution in [0.2, 0.25) is 0 Å². The lowest BCUT2D eigenvalue weighted by molar-refractivity contribution is -0.134. The van der Waals surface area contributed by atoms with Gasteiger partial charge in [0, 0.05) is 6.92 Å². The summed E-state index contributed by atoms with van der Waals surface area (Å²) < 4.78 is 9.85. The van der Waals surface area contributed by atoms with E-state index in [9.17, 15) is 4.39 Å². The SMILES string of the molecule is CC(=O)O.OCF. The first-order chi connectivity index (χ1) is 3.15. The lowest BCUT2D eigenvalue weighted by Crippen LogP contribution is -1.78. The van der Waals surface area contributed by atoms with Gasteiger partial charge in [0.2, 0.25) is 0 Å². The highest BCUT2D eigenvalue weighted by atomic mass is 19.1. The Labute approximate surface area is 40.4 Å². The van der Waals surface area contributed by atoms with Crippen molar-refractivity contribution in [2.24, 2.45) is 0 Å². The average Bonchev–Trinajstić information content (AvgIpc) is 1.33. The van der Waals surface area contributed by atoms with Crippen LogP contribution in [-0.2, 0) is 4.79 Å². The Morgan fingerprint density at radius 3 is 1.86 bits per heavy atom. The van der Waals surface area contributed by atoms with Crippen molar-refractivity contribution in [2.45, 2.75) is 6.92 Å². The Hall–Kier alpha value is -0.640. The first kappa shape index (κ1) is 9.61. The molecular formula is C3H7FO3. The molecule has 0 aromatic rings. The molecule has 0 aromatic heterocycles. The van der Waals surface area contributed by atoms with Crippen LogP contribution in [0.4, 0.5) is 4.39 Å². The van der Waals surface area contributed by atoms with Gasteiger partial charge in [0.25, 0.3) is 5.97 Å². The van der Waals surface area contributed by atoms with E-state index >= 15 is 0 Å². The van der Waals surface area contributed by atoms with Gasteiger partial charge in [0.05, 0.1) is 0 Å². The van der Waals surface area contributed by atoms with Gasteiger partial charge in [-0.05, 0) is 0 Å². The number of aliphatic carboxylic acids is 1. The summed E-state index contributed by atoms with van der Waals surface area (Å²) in [6.45, 7) is -0.167. The molecule has 0 amide bonds. The quantitative estimate of drug-likeness (QED) is 0.461. The Bertz CT molecular complexity index is 41.4. The monoisotopic (exact) mass is 110 g/mol. The largest absolute Gasteiger partial charge is 0.481 e. The van der Waals surface area contributed by atoms with E-state index in [1.54, 1.807) is 0 Å². The van der Waals surface area contributed by atoms with E-state index in [1.807, 2.05) is 0 Å². The van der Waals surface area contributed by atoms with E-state index in [-0.39, 0.29) is 0 Å². The smallest absolute Gasteiger partial charge is 0.300 e. The molecule has 0 fully saturated rings. The summed E-state index contributed by atoms with van der Waals surface area (Å²) >= 11 is 0. The summed E-state index contributed by atoms with van der Waals surface area (Å²) in [5.41, 5.74) is 0. The Balaban J connectivity index is 0. The van der Waals surface area contributed by atoms with E-state index in [0.717, 1.165) is 6.92 Å². The molecule has 0 bridgehead atoms. The van der Waals surface area contributed by atoms with Crippen molar-refractivity contribution in [1.82, 2.24) is 0 Å². The highest BCUT2D eigenvalue weighted by Crippen LogP contribution is 1.42. The van der Waals surface area contributed by atoms with Crippen LogP contribution in [0.15, 0.2) is 0 Å². The zero-order chi connectivity index (χ0) is 6.28. The number of carbonyl (C=O) groups is 1. The van der Waals surface area contributed by atoms with Gasteiger partial charge in [-0.15, -0.1) is 0 Å². The molecular weight excluding hydrogens is 103 g/mol. The zero-order valence-electron chi connectivity index (χ0n) is 3.89. The predicted molar refractivity (Wildman–Crippen MR) is 21.5 cm³/mol. The first-order valence-corrected chi connectivity index (χ1v) is 1.51. The summed E-state index contributed by atoms with van der Waals surface area (Å²) in [7, 11) is 0. The van der Waals surface area contributed by atoms with Gasteiger partial charge < -0.3 is 10.2 Å². The third kappa shape index (κ3) is 148. The summed E-state index contributed by atoms with van der Waals surface area (Å²) in [5.74, 6) is -0.833. The number of halogens is 1. The molecule has 0 aromatic carbocycles. The maximum Gasteiger partial charge on any atom is 0.300 e. The van der Waals surface area contributed by atoms with Crippen LogP contribution in [0.3, 0.4) is 0 Å². The van der Waals surface area contributed by atoms with Crippen LogP contribution in [0.1, 0.15) is 6.92 Å². The fourth-order valence-electron chi connectivity index (χ4n) is 0. The molecule has 0 saturated carbocycles. The molecule has 0 saturated heterocycles. The predicted octanol–water partition coefficient (Wildman–Crippen LogP) is -0.00340. The molecule has 0 heterocycles. The van der Waals surface area contributed by atoms with Gasteiger partial charge in [-0.2, -0.15) is 0 Å². The van der Waals surface area contributed by atoms with Crippen LogP contribution in [0, 0.1) is 0 Å². The maximum absolute atomic E-state index is 9.85. The minimum absolute atomic E-state index is 0.833. The highest BCUT2D eigenvalue weighted by Gasteiger charge is 1.65. The maximum atomic E-state index is 9.85. The van der Waals surface area contributed by atoms with Crippen molar-refractivity contribution in [3.05, 3.63) is 0 Å². The molecule has 3 nitrogen and oxygen atoms in total. The van der Waals surface area contributed by atoms with Crippen molar-refractivity contribution < 1.29 is 19.4 Å². The molecule has 0 spiro atoms. The van der Waals surface area contributed by atoms with E-state index < -0.39 is 12.8 Å². The first-order valence-electron chi connectivity index (χ1n) is 1.51. The second kappa shape index (κ2) is 9.03. The number of carboxylic acid groups (broad SMARTS) is 1. The number of aliphatic hydroxyl groups is 1. The Morgan fingerprint density at radius 1 is 1.86 bits per heavy atom. The number of carboxylic acids is 1. The summed E-state index contributed by atoms with van der Waals surface area (Å²) in [6.07, 6.45) is 0. The number of hydrogen-bond donors (Lipinski definition) is 2. The van der Waals surface area contributed by atoms with Crippen molar-refractivity contribution in [3.63, 3.8) is 0 Å². The molecule has 0 aliphatic heterocycles. The minimum atomic E-state index is -1.25. The van der Waals surface area contributed by atoms with Gasteiger partial charge in [0.15, 0.2) is 6.86 Å². The molecule has 7 heavy (non-hydrogen) atoms. The lowest BCUT2D eigenvalue weighted by Gasteiger charge is -1.59. The summed E-state index contributed by atoms with van der Waals surface area (Å²) in [6, 6.07) is 0. The van der Waals surface area contributed by atoms with E-state index in [1.165, 1.54) is 0 Å². The Morgan fingerprint density at radius 2 is 1.86 bits per heavy atom. The highest BCUT2D eigenvalue weighted by molar-refractivity contribution is 5.62.